The Balaban J connectivity index is 1.34. The molecule has 1 saturated heterocycles. The second-order valence-electron chi connectivity index (χ2n) is 6.83. The van der Waals surface area contributed by atoms with E-state index in [9.17, 15) is 13.2 Å². The second kappa shape index (κ2) is 8.12. The summed E-state index contributed by atoms with van der Waals surface area (Å²) in [6, 6.07) is 9.82. The van der Waals surface area contributed by atoms with Crippen molar-refractivity contribution in [2.45, 2.75) is 25.7 Å². The molecule has 1 atom stereocenters. The van der Waals surface area contributed by atoms with Crippen LogP contribution in [0.3, 0.4) is 0 Å². The highest BCUT2D eigenvalue weighted by molar-refractivity contribution is 5.61. The highest BCUT2D eigenvalue weighted by atomic mass is 19.1. The lowest BCUT2D eigenvalue weighted by Gasteiger charge is -2.16. The fourth-order valence-corrected chi connectivity index (χ4v) is 3.37. The van der Waals surface area contributed by atoms with Crippen LogP contribution in [0, 0.1) is 17.5 Å². The van der Waals surface area contributed by atoms with E-state index in [1.807, 2.05) is 0 Å². The van der Waals surface area contributed by atoms with E-state index in [1.54, 1.807) is 12.1 Å². The van der Waals surface area contributed by atoms with Crippen molar-refractivity contribution >= 4 is 0 Å². The number of H-pyrrole nitrogens is 1. The average Bonchev–Trinajstić information content (AvgIpc) is 3.31. The largest absolute Gasteiger partial charge is 0.370 e. The zero-order valence-electron chi connectivity index (χ0n) is 15.0. The molecule has 1 aliphatic heterocycles. The van der Waals surface area contributed by atoms with Crippen molar-refractivity contribution < 1.29 is 17.9 Å². The van der Waals surface area contributed by atoms with E-state index in [0.717, 1.165) is 37.7 Å². The Morgan fingerprint density at radius 3 is 2.61 bits per heavy atom. The van der Waals surface area contributed by atoms with Gasteiger partial charge in [0.15, 0.2) is 0 Å². The molecule has 0 radical (unpaired) electrons. The molecule has 28 heavy (non-hydrogen) atoms. The summed E-state index contributed by atoms with van der Waals surface area (Å²) in [5, 5.41) is 10.5. The summed E-state index contributed by atoms with van der Waals surface area (Å²) < 4.78 is 46.1. The molecule has 8 heteroatoms. The van der Waals surface area contributed by atoms with Crippen LogP contribution in [0.15, 0.2) is 42.5 Å². The molecule has 3 aromatic rings. The molecule has 0 spiro atoms. The third kappa shape index (κ3) is 4.23. The Morgan fingerprint density at radius 2 is 1.82 bits per heavy atom. The minimum Gasteiger partial charge on any atom is -0.370 e. The maximum absolute atomic E-state index is 14.0. The lowest BCUT2D eigenvalue weighted by Crippen LogP contribution is -2.23. The van der Waals surface area contributed by atoms with Gasteiger partial charge in [-0.15, -0.1) is 0 Å². The van der Waals surface area contributed by atoms with Crippen LogP contribution in [0.1, 0.15) is 17.7 Å². The number of hydrogen-bond acceptors (Lipinski definition) is 4. The predicted octanol–water partition coefficient (Wildman–Crippen LogP) is 3.68. The first kappa shape index (κ1) is 18.6. The third-order valence-corrected chi connectivity index (χ3v) is 4.81. The molecule has 0 aliphatic carbocycles. The van der Waals surface area contributed by atoms with Crippen LogP contribution in [0.4, 0.5) is 13.2 Å². The summed E-state index contributed by atoms with van der Waals surface area (Å²) in [6.07, 6.45) is 0.877. The normalized spacial score (nSPS) is 17.3. The molecule has 1 aliphatic rings. The number of halogens is 3. The van der Waals surface area contributed by atoms with Gasteiger partial charge in [0.1, 0.15) is 28.8 Å². The standard InChI is InChI=1S/C20H19F3N4O/c21-14-3-1-13(2-4-14)10-27-8-7-16(11-27)28-12-19-20(25-26-24-19)17-6-5-15(22)9-18(17)23/h1-6,9,16H,7-8,10-12H2,(H,24,25,26). The fourth-order valence-electron chi connectivity index (χ4n) is 3.37. The Kier molecular flexibility index (Phi) is 5.40. The molecule has 1 aromatic heterocycles. The van der Waals surface area contributed by atoms with Crippen LogP contribution in [0.5, 0.6) is 0 Å². The summed E-state index contributed by atoms with van der Waals surface area (Å²) in [5.41, 5.74) is 2.02. The SMILES string of the molecule is Fc1ccc(CN2CCC(OCc3n[nH]nc3-c3ccc(F)cc3F)C2)cc1. The van der Waals surface area contributed by atoms with E-state index in [1.165, 1.54) is 24.3 Å². The highest BCUT2D eigenvalue weighted by Crippen LogP contribution is 2.25. The van der Waals surface area contributed by atoms with Gasteiger partial charge in [0, 0.05) is 31.3 Å². The number of aromatic amines is 1. The van der Waals surface area contributed by atoms with Crippen molar-refractivity contribution in [1.29, 1.82) is 0 Å². The second-order valence-corrected chi connectivity index (χ2v) is 6.83. The van der Waals surface area contributed by atoms with Gasteiger partial charge in [-0.25, -0.2) is 13.2 Å². The van der Waals surface area contributed by atoms with E-state index in [-0.39, 0.29) is 24.1 Å². The number of aromatic nitrogens is 3. The van der Waals surface area contributed by atoms with Crippen molar-refractivity contribution in [3.63, 3.8) is 0 Å². The van der Waals surface area contributed by atoms with Crippen molar-refractivity contribution in [3.8, 4) is 11.3 Å². The molecular formula is C20H19F3N4O. The van der Waals surface area contributed by atoms with Gasteiger partial charge in [0.25, 0.3) is 0 Å². The van der Waals surface area contributed by atoms with E-state index in [4.69, 9.17) is 4.74 Å². The smallest absolute Gasteiger partial charge is 0.135 e. The highest BCUT2D eigenvalue weighted by Gasteiger charge is 2.24. The summed E-state index contributed by atoms with van der Waals surface area (Å²) in [4.78, 5) is 2.24. The van der Waals surface area contributed by atoms with Gasteiger partial charge in [-0.2, -0.15) is 15.4 Å². The van der Waals surface area contributed by atoms with Gasteiger partial charge < -0.3 is 4.74 Å². The Hall–Kier alpha value is -2.71. The quantitative estimate of drug-likeness (QED) is 0.700. The lowest BCUT2D eigenvalue weighted by atomic mass is 10.1. The van der Waals surface area contributed by atoms with E-state index >= 15 is 0 Å². The minimum absolute atomic E-state index is 0.0167. The Labute approximate surface area is 160 Å². The molecular weight excluding hydrogens is 369 g/mol. The van der Waals surface area contributed by atoms with Gasteiger partial charge >= 0.3 is 0 Å². The summed E-state index contributed by atoms with van der Waals surface area (Å²) in [6.45, 7) is 2.53. The first-order chi connectivity index (χ1) is 13.6. The molecule has 2 heterocycles. The summed E-state index contributed by atoms with van der Waals surface area (Å²) in [7, 11) is 0. The van der Waals surface area contributed by atoms with E-state index in [0.29, 0.717) is 11.4 Å². The number of likely N-dealkylation sites (tertiary alicyclic amines) is 1. The fraction of sp³-hybridized carbons (Fsp3) is 0.300. The van der Waals surface area contributed by atoms with Gasteiger partial charge in [-0.05, 0) is 36.2 Å². The zero-order chi connectivity index (χ0) is 19.5. The summed E-state index contributed by atoms with van der Waals surface area (Å²) >= 11 is 0. The van der Waals surface area contributed by atoms with Gasteiger partial charge in [0.05, 0.1) is 12.7 Å². The number of nitrogens with one attached hydrogen (secondary N) is 1. The number of hydrogen-bond donors (Lipinski definition) is 1. The lowest BCUT2D eigenvalue weighted by molar-refractivity contribution is 0.0445. The van der Waals surface area contributed by atoms with Gasteiger partial charge in [0.2, 0.25) is 0 Å². The topological polar surface area (TPSA) is 54.0 Å². The number of nitrogens with zero attached hydrogens (tertiary/aromatic N) is 3. The van der Waals surface area contributed by atoms with Crippen molar-refractivity contribution in [2.24, 2.45) is 0 Å². The number of rotatable bonds is 6. The molecule has 5 nitrogen and oxygen atoms in total. The molecule has 0 saturated carbocycles. The average molecular weight is 388 g/mol. The Bertz CT molecular complexity index is 945. The molecule has 1 unspecified atom stereocenters. The molecule has 4 rings (SSSR count). The van der Waals surface area contributed by atoms with Crippen molar-refractivity contribution in [2.75, 3.05) is 13.1 Å². The molecule has 2 aromatic carbocycles. The van der Waals surface area contributed by atoms with Gasteiger partial charge in [-0.1, -0.05) is 12.1 Å². The zero-order valence-corrected chi connectivity index (χ0v) is 15.0. The molecule has 0 bridgehead atoms. The molecule has 1 N–H and O–H groups in total. The van der Waals surface area contributed by atoms with Crippen LogP contribution in [0.2, 0.25) is 0 Å². The van der Waals surface area contributed by atoms with E-state index < -0.39 is 11.6 Å². The monoisotopic (exact) mass is 388 g/mol. The van der Waals surface area contributed by atoms with Gasteiger partial charge in [-0.3, -0.25) is 4.90 Å². The van der Waals surface area contributed by atoms with Crippen LogP contribution in [-0.4, -0.2) is 39.5 Å². The predicted molar refractivity (Wildman–Crippen MR) is 96.6 cm³/mol. The molecule has 146 valence electrons. The maximum atomic E-state index is 14.0. The van der Waals surface area contributed by atoms with Crippen LogP contribution < -0.4 is 0 Å². The Morgan fingerprint density at radius 1 is 1.04 bits per heavy atom. The van der Waals surface area contributed by atoms with Crippen LogP contribution >= 0.6 is 0 Å². The van der Waals surface area contributed by atoms with Crippen molar-refractivity contribution in [3.05, 3.63) is 71.2 Å². The van der Waals surface area contributed by atoms with Crippen molar-refractivity contribution in [1.82, 2.24) is 20.3 Å². The van der Waals surface area contributed by atoms with E-state index in [2.05, 4.69) is 20.3 Å². The molecule has 0 amide bonds. The first-order valence-electron chi connectivity index (χ1n) is 9.02. The molecule has 1 fully saturated rings. The first-order valence-corrected chi connectivity index (χ1v) is 9.02. The third-order valence-electron chi connectivity index (χ3n) is 4.81. The summed E-state index contributed by atoms with van der Waals surface area (Å²) in [5.74, 6) is -1.58. The van der Waals surface area contributed by atoms with Crippen LogP contribution in [-0.2, 0) is 17.9 Å². The number of benzene rings is 2. The van der Waals surface area contributed by atoms with Crippen LogP contribution in [0.25, 0.3) is 11.3 Å². The minimum atomic E-state index is -0.693. The number of ether oxygens (including phenoxy) is 1. The maximum Gasteiger partial charge on any atom is 0.135 e.